The Morgan fingerprint density at radius 3 is 2.06 bits per heavy atom. The van der Waals surface area contributed by atoms with Crippen LogP contribution in [-0.2, 0) is 6.54 Å². The van der Waals surface area contributed by atoms with Crippen LogP contribution in [0.2, 0.25) is 0 Å². The largest absolute Gasteiger partial charge is 0.632 e. The Kier molecular flexibility index (Phi) is 5.37. The third-order valence-electron chi connectivity index (χ3n) is 2.64. The molecule has 0 unspecified atom stereocenters. The standard InChI is InChI=1S/C12H19NO4/c1-17-12-4-2-11(3-5-12)10-13(16,6-8-14)7-9-15/h2-5,14-15H,6-10H2,1H3. The van der Waals surface area contributed by atoms with Gasteiger partial charge in [-0.1, -0.05) is 0 Å². The molecule has 5 nitrogen and oxygen atoms in total. The highest BCUT2D eigenvalue weighted by molar-refractivity contribution is 5.26. The number of hydrogen-bond donors (Lipinski definition) is 2. The van der Waals surface area contributed by atoms with Gasteiger partial charge in [0, 0.05) is 5.56 Å². The van der Waals surface area contributed by atoms with E-state index in [0.29, 0.717) is 0 Å². The van der Waals surface area contributed by atoms with E-state index in [2.05, 4.69) is 0 Å². The third kappa shape index (κ3) is 4.32. The minimum Gasteiger partial charge on any atom is -0.632 e. The molecule has 0 saturated carbocycles. The molecule has 17 heavy (non-hydrogen) atoms. The number of methoxy groups -OCH3 is 1. The van der Waals surface area contributed by atoms with Gasteiger partial charge in [0.1, 0.15) is 25.4 Å². The van der Waals surface area contributed by atoms with Crippen LogP contribution in [0.3, 0.4) is 0 Å². The fourth-order valence-corrected chi connectivity index (χ4v) is 1.70. The highest BCUT2D eigenvalue weighted by Gasteiger charge is 2.16. The van der Waals surface area contributed by atoms with Crippen molar-refractivity contribution in [2.45, 2.75) is 6.54 Å². The maximum atomic E-state index is 12.2. The number of aliphatic hydroxyl groups is 2. The summed E-state index contributed by atoms with van der Waals surface area (Å²) in [5.41, 5.74) is 0.864. The van der Waals surface area contributed by atoms with Gasteiger partial charge in [-0.15, -0.1) is 0 Å². The summed E-state index contributed by atoms with van der Waals surface area (Å²) in [6.07, 6.45) is 0. The van der Waals surface area contributed by atoms with Gasteiger partial charge in [-0.3, -0.25) is 0 Å². The van der Waals surface area contributed by atoms with Crippen LogP contribution in [-0.4, -0.2) is 48.3 Å². The van der Waals surface area contributed by atoms with Crippen molar-refractivity contribution >= 4 is 0 Å². The second-order valence-electron chi connectivity index (χ2n) is 3.96. The predicted octanol–water partition coefficient (Wildman–Crippen LogP) is 0.494. The van der Waals surface area contributed by atoms with Gasteiger partial charge in [-0.2, -0.15) is 0 Å². The molecule has 0 bridgehead atoms. The van der Waals surface area contributed by atoms with Crippen molar-refractivity contribution in [2.75, 3.05) is 33.4 Å². The summed E-state index contributed by atoms with van der Waals surface area (Å²) in [6, 6.07) is 7.21. The van der Waals surface area contributed by atoms with Crippen LogP contribution in [0.5, 0.6) is 5.75 Å². The fraction of sp³-hybridized carbons (Fsp3) is 0.500. The van der Waals surface area contributed by atoms with E-state index in [1.54, 1.807) is 19.2 Å². The Hall–Kier alpha value is -1.14. The number of quaternary nitrogens is 1. The van der Waals surface area contributed by atoms with Gasteiger partial charge in [0.15, 0.2) is 0 Å². The van der Waals surface area contributed by atoms with Gasteiger partial charge in [0.05, 0.1) is 20.3 Å². The maximum absolute atomic E-state index is 12.2. The van der Waals surface area contributed by atoms with Gasteiger partial charge >= 0.3 is 0 Å². The van der Waals surface area contributed by atoms with Crippen LogP contribution in [0.15, 0.2) is 24.3 Å². The lowest BCUT2D eigenvalue weighted by Crippen LogP contribution is -2.45. The summed E-state index contributed by atoms with van der Waals surface area (Å²) in [4.78, 5) is 0. The minimum atomic E-state index is -0.612. The first-order valence-corrected chi connectivity index (χ1v) is 5.55. The highest BCUT2D eigenvalue weighted by atomic mass is 16.5. The normalized spacial score (nSPS) is 11.5. The summed E-state index contributed by atoms with van der Waals surface area (Å²) in [5, 5.41) is 30.0. The van der Waals surface area contributed by atoms with E-state index < -0.39 is 4.65 Å². The van der Waals surface area contributed by atoms with Crippen molar-refractivity contribution in [1.82, 2.24) is 0 Å². The zero-order chi connectivity index (χ0) is 12.7. The molecule has 0 spiro atoms. The first-order valence-electron chi connectivity index (χ1n) is 5.55. The molecule has 0 atom stereocenters. The van der Waals surface area contributed by atoms with E-state index in [1.165, 1.54) is 0 Å². The number of benzene rings is 1. The Balaban J connectivity index is 2.71. The topological polar surface area (TPSA) is 72.8 Å². The first-order chi connectivity index (χ1) is 8.13. The summed E-state index contributed by atoms with van der Waals surface area (Å²) in [7, 11) is 1.58. The summed E-state index contributed by atoms with van der Waals surface area (Å²) < 4.78 is 4.42. The molecule has 1 rings (SSSR count). The van der Waals surface area contributed by atoms with Crippen molar-refractivity contribution in [1.29, 1.82) is 0 Å². The van der Waals surface area contributed by atoms with Crippen molar-refractivity contribution in [2.24, 2.45) is 0 Å². The second-order valence-corrected chi connectivity index (χ2v) is 3.96. The molecular weight excluding hydrogens is 222 g/mol. The average Bonchev–Trinajstić information content (AvgIpc) is 2.30. The van der Waals surface area contributed by atoms with E-state index in [1.807, 2.05) is 12.1 Å². The molecule has 0 amide bonds. The van der Waals surface area contributed by atoms with Crippen molar-refractivity contribution in [3.05, 3.63) is 35.0 Å². The summed E-state index contributed by atoms with van der Waals surface area (Å²) in [5.74, 6) is 0.738. The van der Waals surface area contributed by atoms with Gasteiger partial charge in [-0.25, -0.2) is 0 Å². The molecule has 0 aliphatic heterocycles. The molecular formula is C12H19NO4. The molecule has 0 fully saturated rings. The molecule has 0 radical (unpaired) electrons. The molecule has 0 saturated heterocycles. The van der Waals surface area contributed by atoms with E-state index in [-0.39, 0.29) is 32.8 Å². The number of rotatable bonds is 7. The van der Waals surface area contributed by atoms with E-state index >= 15 is 0 Å². The molecule has 1 aromatic carbocycles. The average molecular weight is 241 g/mol. The number of nitrogens with zero attached hydrogens (tertiary/aromatic N) is 1. The lowest BCUT2D eigenvalue weighted by atomic mass is 10.2. The Bertz CT molecular complexity index is 320. The van der Waals surface area contributed by atoms with Crippen molar-refractivity contribution in [3.63, 3.8) is 0 Å². The maximum Gasteiger partial charge on any atom is 0.118 e. The minimum absolute atomic E-state index is 0.0899. The predicted molar refractivity (Wildman–Crippen MR) is 64.2 cm³/mol. The Morgan fingerprint density at radius 2 is 1.65 bits per heavy atom. The van der Waals surface area contributed by atoms with Crippen LogP contribution in [0.25, 0.3) is 0 Å². The van der Waals surface area contributed by atoms with E-state index in [4.69, 9.17) is 14.9 Å². The molecule has 2 N–H and O–H groups in total. The van der Waals surface area contributed by atoms with Gasteiger partial charge in [-0.05, 0) is 24.3 Å². The van der Waals surface area contributed by atoms with Crippen LogP contribution in [0, 0.1) is 5.21 Å². The van der Waals surface area contributed by atoms with Crippen LogP contribution in [0.4, 0.5) is 0 Å². The third-order valence-corrected chi connectivity index (χ3v) is 2.64. The summed E-state index contributed by atoms with van der Waals surface area (Å²) in [6.45, 7) is 0.0591. The van der Waals surface area contributed by atoms with E-state index in [9.17, 15) is 5.21 Å². The lowest BCUT2D eigenvalue weighted by Gasteiger charge is -2.42. The monoisotopic (exact) mass is 241 g/mol. The molecule has 96 valence electrons. The van der Waals surface area contributed by atoms with Gasteiger partial charge < -0.3 is 24.8 Å². The number of hydrogen-bond acceptors (Lipinski definition) is 4. The summed E-state index contributed by atoms with van der Waals surface area (Å²) >= 11 is 0. The van der Waals surface area contributed by atoms with Crippen LogP contribution >= 0.6 is 0 Å². The quantitative estimate of drug-likeness (QED) is 0.538. The zero-order valence-corrected chi connectivity index (χ0v) is 10.0. The van der Waals surface area contributed by atoms with Crippen LogP contribution < -0.4 is 4.74 Å². The van der Waals surface area contributed by atoms with Gasteiger partial charge in [0.25, 0.3) is 0 Å². The SMILES string of the molecule is COc1ccc(C[N+]([O-])(CCO)CCO)cc1. The smallest absolute Gasteiger partial charge is 0.118 e. The molecule has 0 aliphatic rings. The molecule has 0 heterocycles. The van der Waals surface area contributed by atoms with E-state index in [0.717, 1.165) is 11.3 Å². The lowest BCUT2D eigenvalue weighted by molar-refractivity contribution is -0.894. The zero-order valence-electron chi connectivity index (χ0n) is 10.0. The second kappa shape index (κ2) is 6.56. The molecule has 5 heteroatoms. The van der Waals surface area contributed by atoms with Crippen LogP contribution in [0.1, 0.15) is 5.56 Å². The molecule has 0 aliphatic carbocycles. The number of aliphatic hydroxyl groups excluding tert-OH is 2. The number of hydroxylamine groups is 3. The first kappa shape index (κ1) is 13.9. The highest BCUT2D eigenvalue weighted by Crippen LogP contribution is 2.16. The van der Waals surface area contributed by atoms with Crippen molar-refractivity contribution in [3.8, 4) is 5.75 Å². The molecule has 0 aromatic heterocycles. The van der Waals surface area contributed by atoms with Gasteiger partial charge in [0.2, 0.25) is 0 Å². The Morgan fingerprint density at radius 1 is 1.12 bits per heavy atom. The fourth-order valence-electron chi connectivity index (χ4n) is 1.70. The number of ether oxygens (including phenoxy) is 1. The molecule has 1 aromatic rings. The van der Waals surface area contributed by atoms with Crippen molar-refractivity contribution < 1.29 is 19.6 Å². The Labute approximate surface area is 101 Å².